The minimum Gasteiger partial charge on any atom is -0.480 e. The molecule has 0 aliphatic carbocycles. The lowest BCUT2D eigenvalue weighted by molar-refractivity contribution is -0.138. The number of halogens is 1. The molecule has 0 aliphatic rings. The van der Waals surface area contributed by atoms with E-state index >= 15 is 0 Å². The normalized spacial score (nSPS) is 12.2. The molecule has 1 rings (SSSR count). The van der Waals surface area contributed by atoms with Crippen LogP contribution in [0.15, 0.2) is 18.2 Å². The van der Waals surface area contributed by atoms with Crippen molar-refractivity contribution in [3.8, 4) is 0 Å². The zero-order valence-corrected chi connectivity index (χ0v) is 8.33. The van der Waals surface area contributed by atoms with Gasteiger partial charge in [0.05, 0.1) is 0 Å². The van der Waals surface area contributed by atoms with Crippen molar-refractivity contribution < 1.29 is 14.3 Å². The van der Waals surface area contributed by atoms with Crippen molar-refractivity contribution in [1.82, 2.24) is 0 Å². The molecule has 0 aromatic heterocycles. The highest BCUT2D eigenvalue weighted by molar-refractivity contribution is 5.74. The number of carbonyl (C=O) groups is 1. The number of hydrogen-bond donors (Lipinski definition) is 3. The van der Waals surface area contributed by atoms with Crippen molar-refractivity contribution in [2.45, 2.75) is 13.0 Å². The van der Waals surface area contributed by atoms with E-state index in [1.807, 2.05) is 0 Å². The molecule has 0 spiro atoms. The Bertz CT molecular complexity index is 368. The van der Waals surface area contributed by atoms with Crippen LogP contribution in [0.3, 0.4) is 0 Å². The summed E-state index contributed by atoms with van der Waals surface area (Å²) in [5.41, 5.74) is 6.71. The summed E-state index contributed by atoms with van der Waals surface area (Å²) in [6.07, 6.45) is 0. The Hall–Kier alpha value is -1.62. The fourth-order valence-electron chi connectivity index (χ4n) is 1.13. The maximum absolute atomic E-state index is 12.7. The van der Waals surface area contributed by atoms with Crippen LogP contribution in [-0.4, -0.2) is 23.7 Å². The number of rotatable bonds is 4. The average Bonchev–Trinajstić information content (AvgIpc) is 2.15. The van der Waals surface area contributed by atoms with E-state index in [-0.39, 0.29) is 12.4 Å². The molecule has 1 atom stereocenters. The van der Waals surface area contributed by atoms with Gasteiger partial charge in [-0.3, -0.25) is 4.79 Å². The first-order chi connectivity index (χ1) is 7.00. The summed E-state index contributed by atoms with van der Waals surface area (Å²) < 4.78 is 12.7. The Morgan fingerprint density at radius 2 is 2.33 bits per heavy atom. The summed E-state index contributed by atoms with van der Waals surface area (Å²) in [6.45, 7) is 1.85. The van der Waals surface area contributed by atoms with Crippen LogP contribution in [0.1, 0.15) is 5.56 Å². The summed E-state index contributed by atoms with van der Waals surface area (Å²) >= 11 is 0. The van der Waals surface area contributed by atoms with E-state index in [2.05, 4.69) is 5.32 Å². The average molecular weight is 212 g/mol. The molecular formula is C10H13FN2O2. The number of carboxylic acids is 1. The first-order valence-corrected chi connectivity index (χ1v) is 4.49. The van der Waals surface area contributed by atoms with Crippen LogP contribution in [-0.2, 0) is 4.79 Å². The number of carboxylic acid groups (broad SMARTS) is 1. The van der Waals surface area contributed by atoms with Gasteiger partial charge in [-0.15, -0.1) is 0 Å². The van der Waals surface area contributed by atoms with Crippen molar-refractivity contribution in [1.29, 1.82) is 0 Å². The van der Waals surface area contributed by atoms with Gasteiger partial charge < -0.3 is 16.2 Å². The highest BCUT2D eigenvalue weighted by atomic mass is 19.1. The zero-order chi connectivity index (χ0) is 11.4. The molecular weight excluding hydrogens is 199 g/mol. The SMILES string of the molecule is Cc1cc(F)ccc1NCC(N)C(=O)O. The van der Waals surface area contributed by atoms with Gasteiger partial charge in [0.15, 0.2) is 0 Å². The summed E-state index contributed by atoms with van der Waals surface area (Å²) in [5.74, 6) is -1.39. The van der Waals surface area contributed by atoms with E-state index in [0.29, 0.717) is 11.3 Å². The van der Waals surface area contributed by atoms with Crippen LogP contribution in [0.2, 0.25) is 0 Å². The van der Waals surface area contributed by atoms with Gasteiger partial charge in [-0.1, -0.05) is 0 Å². The number of nitrogens with one attached hydrogen (secondary N) is 1. The van der Waals surface area contributed by atoms with Gasteiger partial charge in [0.1, 0.15) is 11.9 Å². The molecule has 1 aromatic rings. The zero-order valence-electron chi connectivity index (χ0n) is 8.33. The van der Waals surface area contributed by atoms with Crippen LogP contribution in [0.4, 0.5) is 10.1 Å². The van der Waals surface area contributed by atoms with E-state index < -0.39 is 12.0 Å². The van der Waals surface area contributed by atoms with E-state index in [4.69, 9.17) is 10.8 Å². The van der Waals surface area contributed by atoms with Gasteiger partial charge in [-0.25, -0.2) is 4.39 Å². The third-order valence-corrected chi connectivity index (χ3v) is 2.02. The molecule has 0 bridgehead atoms. The minimum absolute atomic E-state index is 0.113. The van der Waals surface area contributed by atoms with E-state index in [9.17, 15) is 9.18 Å². The number of aliphatic carboxylic acids is 1. The predicted molar refractivity (Wildman–Crippen MR) is 55.2 cm³/mol. The largest absolute Gasteiger partial charge is 0.480 e. The lowest BCUT2D eigenvalue weighted by Crippen LogP contribution is -2.37. The number of aryl methyl sites for hydroxylation is 1. The molecule has 4 N–H and O–H groups in total. The smallest absolute Gasteiger partial charge is 0.322 e. The molecule has 0 saturated carbocycles. The van der Waals surface area contributed by atoms with Crippen LogP contribution in [0.5, 0.6) is 0 Å². The standard InChI is InChI=1S/C10H13FN2O2/c1-6-4-7(11)2-3-9(6)13-5-8(12)10(14)15/h2-4,8,13H,5,12H2,1H3,(H,14,15). The van der Waals surface area contributed by atoms with Crippen LogP contribution < -0.4 is 11.1 Å². The van der Waals surface area contributed by atoms with Gasteiger partial charge in [0, 0.05) is 12.2 Å². The van der Waals surface area contributed by atoms with Crippen molar-refractivity contribution in [3.05, 3.63) is 29.6 Å². The fourth-order valence-corrected chi connectivity index (χ4v) is 1.13. The van der Waals surface area contributed by atoms with Gasteiger partial charge >= 0.3 is 5.97 Å². The lowest BCUT2D eigenvalue weighted by atomic mass is 10.2. The molecule has 1 unspecified atom stereocenters. The Morgan fingerprint density at radius 1 is 1.67 bits per heavy atom. The Morgan fingerprint density at radius 3 is 2.87 bits per heavy atom. The summed E-state index contributed by atoms with van der Waals surface area (Å²) in [5, 5.41) is 11.4. The quantitative estimate of drug-likeness (QED) is 0.694. The molecule has 0 aliphatic heterocycles. The van der Waals surface area contributed by atoms with E-state index in [1.165, 1.54) is 12.1 Å². The molecule has 0 saturated heterocycles. The minimum atomic E-state index is -1.07. The number of nitrogens with two attached hydrogens (primary N) is 1. The molecule has 5 heteroatoms. The summed E-state index contributed by atoms with van der Waals surface area (Å²) in [4.78, 5) is 10.4. The third-order valence-electron chi connectivity index (χ3n) is 2.02. The van der Waals surface area contributed by atoms with E-state index in [0.717, 1.165) is 0 Å². The third kappa shape index (κ3) is 3.21. The van der Waals surface area contributed by atoms with Crippen LogP contribution in [0.25, 0.3) is 0 Å². The number of hydrogen-bond acceptors (Lipinski definition) is 3. The second kappa shape index (κ2) is 4.75. The highest BCUT2D eigenvalue weighted by Crippen LogP contribution is 2.15. The van der Waals surface area contributed by atoms with Crippen molar-refractivity contribution in [2.75, 3.05) is 11.9 Å². The van der Waals surface area contributed by atoms with Gasteiger partial charge in [-0.2, -0.15) is 0 Å². The first-order valence-electron chi connectivity index (χ1n) is 4.49. The molecule has 0 heterocycles. The number of anilines is 1. The summed E-state index contributed by atoms with van der Waals surface area (Å²) in [6, 6.07) is 3.27. The van der Waals surface area contributed by atoms with Gasteiger partial charge in [0.2, 0.25) is 0 Å². The fraction of sp³-hybridized carbons (Fsp3) is 0.300. The second-order valence-electron chi connectivity index (χ2n) is 3.28. The maximum Gasteiger partial charge on any atom is 0.322 e. The van der Waals surface area contributed by atoms with Crippen LogP contribution >= 0.6 is 0 Å². The Balaban J connectivity index is 2.62. The molecule has 82 valence electrons. The van der Waals surface area contributed by atoms with E-state index in [1.54, 1.807) is 13.0 Å². The molecule has 0 fully saturated rings. The second-order valence-corrected chi connectivity index (χ2v) is 3.28. The Labute approximate surface area is 86.9 Å². The molecule has 4 nitrogen and oxygen atoms in total. The summed E-state index contributed by atoms with van der Waals surface area (Å²) in [7, 11) is 0. The van der Waals surface area contributed by atoms with Crippen molar-refractivity contribution in [2.24, 2.45) is 5.73 Å². The monoisotopic (exact) mass is 212 g/mol. The van der Waals surface area contributed by atoms with Crippen LogP contribution in [0, 0.1) is 12.7 Å². The molecule has 0 amide bonds. The van der Waals surface area contributed by atoms with Gasteiger partial charge in [0.25, 0.3) is 0 Å². The van der Waals surface area contributed by atoms with Crippen molar-refractivity contribution in [3.63, 3.8) is 0 Å². The molecule has 1 aromatic carbocycles. The molecule has 15 heavy (non-hydrogen) atoms. The molecule has 0 radical (unpaired) electrons. The maximum atomic E-state index is 12.7. The first kappa shape index (κ1) is 11.5. The lowest BCUT2D eigenvalue weighted by Gasteiger charge is -2.11. The predicted octanol–water partition coefficient (Wildman–Crippen LogP) is 0.958. The topological polar surface area (TPSA) is 75.3 Å². The highest BCUT2D eigenvalue weighted by Gasteiger charge is 2.10. The Kier molecular flexibility index (Phi) is 3.62. The van der Waals surface area contributed by atoms with Crippen molar-refractivity contribution >= 4 is 11.7 Å². The number of benzene rings is 1. The van der Waals surface area contributed by atoms with Gasteiger partial charge in [-0.05, 0) is 30.7 Å².